The summed E-state index contributed by atoms with van der Waals surface area (Å²) in [6, 6.07) is -0.189. The molecule has 84 valence electrons. The summed E-state index contributed by atoms with van der Waals surface area (Å²) in [6.45, 7) is 0. The third-order valence-corrected chi connectivity index (χ3v) is 4.35. The van der Waals surface area contributed by atoms with Gasteiger partial charge in [0.1, 0.15) is 15.5 Å². The van der Waals surface area contributed by atoms with Crippen molar-refractivity contribution in [2.24, 2.45) is 0 Å². The highest BCUT2D eigenvalue weighted by atomic mass is 32.2. The molecule has 0 spiro atoms. The average molecular weight is 233 g/mol. The first-order valence-electron chi connectivity index (χ1n) is 4.68. The first-order valence-corrected chi connectivity index (χ1v) is 6.50. The Morgan fingerprint density at radius 3 is 2.53 bits per heavy atom. The van der Waals surface area contributed by atoms with Crippen LogP contribution in [0.15, 0.2) is 6.20 Å². The molecule has 0 radical (unpaired) electrons. The molecule has 1 saturated heterocycles. The van der Waals surface area contributed by atoms with Crippen molar-refractivity contribution in [2.75, 3.05) is 17.2 Å². The number of anilines is 1. The number of hydrogen-bond donors (Lipinski definition) is 1. The van der Waals surface area contributed by atoms with Gasteiger partial charge in [-0.05, 0) is 12.8 Å². The van der Waals surface area contributed by atoms with Gasteiger partial charge in [0.25, 0.3) is 0 Å². The minimum Gasteiger partial charge on any atom is -0.394 e. The van der Waals surface area contributed by atoms with Crippen LogP contribution >= 0.6 is 0 Å². The number of nitrogens with two attached hydrogens (primary N) is 1. The lowest BCUT2D eigenvalue weighted by Gasteiger charge is -2.22. The molecule has 0 bridgehead atoms. The zero-order chi connectivity index (χ0) is 11.1. The highest BCUT2D eigenvalue weighted by Crippen LogP contribution is 2.25. The summed E-state index contributed by atoms with van der Waals surface area (Å²) >= 11 is 0. The van der Waals surface area contributed by atoms with Gasteiger partial charge in [-0.3, -0.25) is 0 Å². The maximum Gasteiger partial charge on any atom is 0.234 e. The Kier molecular flexibility index (Phi) is 2.41. The minimum absolute atomic E-state index is 0.00318. The van der Waals surface area contributed by atoms with Gasteiger partial charge in [0.15, 0.2) is 0 Å². The molecule has 0 amide bonds. The highest BCUT2D eigenvalue weighted by molar-refractivity contribution is 7.91. The van der Waals surface area contributed by atoms with Crippen LogP contribution in [0.5, 0.6) is 0 Å². The molecule has 0 atom stereocenters. The van der Waals surface area contributed by atoms with E-state index in [2.05, 4.69) is 5.10 Å². The van der Waals surface area contributed by atoms with Crippen LogP contribution in [0.25, 0.3) is 0 Å². The predicted molar refractivity (Wildman–Crippen MR) is 53.5 cm³/mol. The average Bonchev–Trinajstić information content (AvgIpc) is 2.49. The molecule has 2 rings (SSSR count). The summed E-state index contributed by atoms with van der Waals surface area (Å²) in [7, 11) is -2.92. The lowest BCUT2D eigenvalue weighted by Crippen LogP contribution is -2.26. The first kappa shape index (κ1) is 10.4. The molecule has 5 nitrogen and oxygen atoms in total. The molecule has 1 aliphatic rings. The van der Waals surface area contributed by atoms with Gasteiger partial charge in [-0.2, -0.15) is 9.49 Å². The van der Waals surface area contributed by atoms with E-state index in [1.54, 1.807) is 0 Å². The fourth-order valence-corrected chi connectivity index (χ4v) is 3.20. The van der Waals surface area contributed by atoms with E-state index in [1.807, 2.05) is 0 Å². The van der Waals surface area contributed by atoms with Crippen molar-refractivity contribution in [3.8, 4) is 0 Å². The van der Waals surface area contributed by atoms with Gasteiger partial charge < -0.3 is 5.73 Å². The summed E-state index contributed by atoms with van der Waals surface area (Å²) in [4.78, 5) is 0. The van der Waals surface area contributed by atoms with Crippen LogP contribution in [0.1, 0.15) is 18.9 Å². The van der Waals surface area contributed by atoms with Crippen LogP contribution in [-0.4, -0.2) is 29.7 Å². The second-order valence-corrected chi connectivity index (χ2v) is 6.02. The maximum atomic E-state index is 13.4. The molecule has 0 aromatic carbocycles. The zero-order valence-corrected chi connectivity index (χ0v) is 8.87. The Labute approximate surface area is 87.0 Å². The lowest BCUT2D eigenvalue weighted by atomic mass is 10.2. The van der Waals surface area contributed by atoms with E-state index in [4.69, 9.17) is 5.73 Å². The summed E-state index contributed by atoms with van der Waals surface area (Å²) in [5.74, 6) is -0.382. The van der Waals surface area contributed by atoms with Crippen LogP contribution in [0, 0.1) is 5.95 Å². The fourth-order valence-electron chi connectivity index (χ4n) is 1.74. The van der Waals surface area contributed by atoms with Crippen molar-refractivity contribution in [2.45, 2.75) is 18.9 Å². The summed E-state index contributed by atoms with van der Waals surface area (Å²) in [6.07, 6.45) is 2.05. The highest BCUT2D eigenvalue weighted by Gasteiger charge is 2.27. The molecule has 1 aromatic rings. The first-order chi connectivity index (χ1) is 6.99. The van der Waals surface area contributed by atoms with Crippen molar-refractivity contribution in [1.29, 1.82) is 0 Å². The van der Waals surface area contributed by atoms with E-state index in [1.165, 1.54) is 10.9 Å². The largest absolute Gasteiger partial charge is 0.394 e. The molecule has 0 aliphatic carbocycles. The number of hydrogen-bond acceptors (Lipinski definition) is 4. The number of aromatic nitrogens is 2. The van der Waals surface area contributed by atoms with Crippen molar-refractivity contribution >= 4 is 15.5 Å². The van der Waals surface area contributed by atoms with Gasteiger partial charge in [0, 0.05) is 0 Å². The normalized spacial score (nSPS) is 21.7. The second kappa shape index (κ2) is 3.48. The molecule has 2 N–H and O–H groups in total. The molecule has 2 heterocycles. The second-order valence-electron chi connectivity index (χ2n) is 3.72. The number of nitrogens with zero attached hydrogens (tertiary/aromatic N) is 2. The number of sulfone groups is 1. The van der Waals surface area contributed by atoms with Gasteiger partial charge in [-0.25, -0.2) is 13.1 Å². The molecule has 0 unspecified atom stereocenters. The molecule has 1 fully saturated rings. The minimum atomic E-state index is -2.92. The van der Waals surface area contributed by atoms with E-state index in [0.717, 1.165) is 0 Å². The predicted octanol–water partition coefficient (Wildman–Crippen LogP) is 0.354. The lowest BCUT2D eigenvalue weighted by molar-refractivity contribution is 0.352. The van der Waals surface area contributed by atoms with Crippen LogP contribution < -0.4 is 5.73 Å². The van der Waals surface area contributed by atoms with Crippen LogP contribution in [0.2, 0.25) is 0 Å². The molecule has 1 aliphatic heterocycles. The van der Waals surface area contributed by atoms with Crippen LogP contribution in [0.4, 0.5) is 10.1 Å². The van der Waals surface area contributed by atoms with E-state index >= 15 is 0 Å². The van der Waals surface area contributed by atoms with Gasteiger partial charge in [-0.15, -0.1) is 0 Å². The van der Waals surface area contributed by atoms with Crippen LogP contribution in [-0.2, 0) is 9.84 Å². The van der Waals surface area contributed by atoms with Crippen molar-refractivity contribution in [3.05, 3.63) is 12.1 Å². The molecule has 1 aromatic heterocycles. The van der Waals surface area contributed by atoms with Crippen molar-refractivity contribution in [3.63, 3.8) is 0 Å². The van der Waals surface area contributed by atoms with Crippen molar-refractivity contribution in [1.82, 2.24) is 9.78 Å². The van der Waals surface area contributed by atoms with E-state index in [9.17, 15) is 12.8 Å². The smallest absolute Gasteiger partial charge is 0.234 e. The Bertz CT molecular complexity index is 454. The third kappa shape index (κ3) is 1.97. The van der Waals surface area contributed by atoms with Crippen LogP contribution in [0.3, 0.4) is 0 Å². The number of nitrogen functional groups attached to an aromatic ring is 1. The fraction of sp³-hybridized carbons (Fsp3) is 0.625. The van der Waals surface area contributed by atoms with Gasteiger partial charge in [-0.1, -0.05) is 0 Å². The Morgan fingerprint density at radius 1 is 1.47 bits per heavy atom. The standard InChI is InChI=1S/C8H12FN3O2S/c9-8-7(10)5-11-12(8)6-1-3-15(13,14)4-2-6/h5-6H,1-4,10H2. The van der Waals surface area contributed by atoms with Crippen molar-refractivity contribution < 1.29 is 12.8 Å². The molecule has 15 heavy (non-hydrogen) atoms. The molecule has 0 saturated carbocycles. The summed E-state index contributed by atoms with van der Waals surface area (Å²) in [5.41, 5.74) is 5.33. The number of rotatable bonds is 1. The SMILES string of the molecule is Nc1cnn(C2CCS(=O)(=O)CC2)c1F. The van der Waals surface area contributed by atoms with E-state index in [-0.39, 0.29) is 23.2 Å². The zero-order valence-electron chi connectivity index (χ0n) is 8.06. The van der Waals surface area contributed by atoms with Gasteiger partial charge >= 0.3 is 0 Å². The quantitative estimate of drug-likeness (QED) is 0.759. The van der Waals surface area contributed by atoms with Gasteiger partial charge in [0.05, 0.1) is 23.7 Å². The maximum absolute atomic E-state index is 13.4. The molecular weight excluding hydrogens is 221 g/mol. The van der Waals surface area contributed by atoms with E-state index < -0.39 is 15.8 Å². The topological polar surface area (TPSA) is 78.0 Å². The van der Waals surface area contributed by atoms with Gasteiger partial charge in [0.2, 0.25) is 5.95 Å². The Morgan fingerprint density at radius 2 is 2.07 bits per heavy atom. The Hall–Kier alpha value is -1.11. The monoisotopic (exact) mass is 233 g/mol. The Balaban J connectivity index is 2.18. The van der Waals surface area contributed by atoms with E-state index in [0.29, 0.717) is 12.8 Å². The summed E-state index contributed by atoms with van der Waals surface area (Å²) in [5, 5.41) is 3.81. The molecular formula is C8H12FN3O2S. The summed E-state index contributed by atoms with van der Waals surface area (Å²) < 4.78 is 36.9. The number of halogens is 1. The third-order valence-electron chi connectivity index (χ3n) is 2.63. The molecule has 7 heteroatoms.